The Morgan fingerprint density at radius 1 is 1.41 bits per heavy atom. The normalized spacial score (nSPS) is 10.7. The molecule has 0 aliphatic rings. The Morgan fingerprint density at radius 2 is 2.18 bits per heavy atom. The Labute approximate surface area is 101 Å². The summed E-state index contributed by atoms with van der Waals surface area (Å²) in [5.74, 6) is -0.342. The van der Waals surface area contributed by atoms with Crippen LogP contribution in [0.3, 0.4) is 0 Å². The molecule has 0 radical (unpaired) electrons. The molecule has 0 bridgehead atoms. The number of para-hydroxylation sites is 1. The van der Waals surface area contributed by atoms with Crippen molar-refractivity contribution in [3.05, 3.63) is 41.1 Å². The molecule has 0 saturated carbocycles. The number of pyridine rings is 1. The molecule has 1 aromatic carbocycles. The van der Waals surface area contributed by atoms with Gasteiger partial charge in [-0.3, -0.25) is 9.78 Å². The third-order valence-corrected chi connectivity index (χ3v) is 2.92. The van der Waals surface area contributed by atoms with Crippen molar-refractivity contribution in [2.24, 2.45) is 5.73 Å². The van der Waals surface area contributed by atoms with E-state index in [-0.39, 0.29) is 12.3 Å². The summed E-state index contributed by atoms with van der Waals surface area (Å²) < 4.78 is 0. The predicted molar refractivity (Wildman–Crippen MR) is 68.8 cm³/mol. The SMILES string of the molecule is CCc1cccc2c(C)cc(CC(N)=O)nc12. The highest BCUT2D eigenvalue weighted by Gasteiger charge is 2.07. The highest BCUT2D eigenvalue weighted by Crippen LogP contribution is 2.21. The van der Waals surface area contributed by atoms with Crippen LogP contribution in [0.2, 0.25) is 0 Å². The number of fused-ring (bicyclic) bond motifs is 1. The minimum Gasteiger partial charge on any atom is -0.369 e. The van der Waals surface area contributed by atoms with Crippen LogP contribution in [-0.2, 0) is 17.6 Å². The van der Waals surface area contributed by atoms with Crippen molar-refractivity contribution < 1.29 is 4.79 Å². The molecular weight excluding hydrogens is 212 g/mol. The van der Waals surface area contributed by atoms with Gasteiger partial charge in [0, 0.05) is 5.39 Å². The van der Waals surface area contributed by atoms with Gasteiger partial charge in [-0.15, -0.1) is 0 Å². The summed E-state index contributed by atoms with van der Waals surface area (Å²) in [5, 5.41) is 1.15. The van der Waals surface area contributed by atoms with Gasteiger partial charge in [-0.2, -0.15) is 0 Å². The van der Waals surface area contributed by atoms with E-state index in [4.69, 9.17) is 5.73 Å². The van der Waals surface area contributed by atoms with Crippen molar-refractivity contribution in [3.63, 3.8) is 0 Å². The van der Waals surface area contributed by atoms with Gasteiger partial charge in [-0.1, -0.05) is 25.1 Å². The minimum atomic E-state index is -0.342. The third-order valence-electron chi connectivity index (χ3n) is 2.92. The summed E-state index contributed by atoms with van der Waals surface area (Å²) in [6.07, 6.45) is 1.14. The second-order valence-electron chi connectivity index (χ2n) is 4.24. The summed E-state index contributed by atoms with van der Waals surface area (Å²) in [4.78, 5) is 15.5. The second-order valence-corrected chi connectivity index (χ2v) is 4.24. The monoisotopic (exact) mass is 228 g/mol. The molecule has 1 aromatic heterocycles. The van der Waals surface area contributed by atoms with Crippen molar-refractivity contribution in [2.75, 3.05) is 0 Å². The Morgan fingerprint density at radius 3 is 2.82 bits per heavy atom. The molecule has 3 nitrogen and oxygen atoms in total. The zero-order chi connectivity index (χ0) is 12.4. The largest absolute Gasteiger partial charge is 0.369 e. The summed E-state index contributed by atoms with van der Waals surface area (Å²) in [6, 6.07) is 8.11. The van der Waals surface area contributed by atoms with Crippen molar-refractivity contribution in [1.29, 1.82) is 0 Å². The molecule has 0 unspecified atom stereocenters. The molecule has 88 valence electrons. The van der Waals surface area contributed by atoms with Gasteiger partial charge in [0.15, 0.2) is 0 Å². The maximum atomic E-state index is 11.0. The Bertz CT molecular complexity index is 576. The maximum Gasteiger partial charge on any atom is 0.223 e. The number of amides is 1. The molecule has 0 spiro atoms. The molecule has 0 atom stereocenters. The molecule has 0 aliphatic heterocycles. The summed E-state index contributed by atoms with van der Waals surface area (Å²) in [7, 11) is 0. The first-order valence-corrected chi connectivity index (χ1v) is 5.78. The van der Waals surface area contributed by atoms with E-state index in [9.17, 15) is 4.79 Å². The molecule has 0 aliphatic carbocycles. The van der Waals surface area contributed by atoms with Crippen LogP contribution in [0.4, 0.5) is 0 Å². The number of hydrogen-bond acceptors (Lipinski definition) is 2. The fourth-order valence-electron chi connectivity index (χ4n) is 2.10. The minimum absolute atomic E-state index is 0.203. The molecule has 0 saturated heterocycles. The average Bonchev–Trinajstić information content (AvgIpc) is 2.27. The molecule has 17 heavy (non-hydrogen) atoms. The van der Waals surface area contributed by atoms with E-state index < -0.39 is 0 Å². The number of nitrogens with two attached hydrogens (primary N) is 1. The van der Waals surface area contributed by atoms with Crippen molar-refractivity contribution >= 4 is 16.8 Å². The number of aromatic nitrogens is 1. The zero-order valence-electron chi connectivity index (χ0n) is 10.2. The van der Waals surface area contributed by atoms with E-state index in [1.54, 1.807) is 0 Å². The quantitative estimate of drug-likeness (QED) is 0.875. The first-order chi connectivity index (χ1) is 8.11. The van der Waals surface area contributed by atoms with Crippen LogP contribution in [0.5, 0.6) is 0 Å². The van der Waals surface area contributed by atoms with Gasteiger partial charge in [0.25, 0.3) is 0 Å². The van der Waals surface area contributed by atoms with E-state index in [0.717, 1.165) is 28.6 Å². The topological polar surface area (TPSA) is 56.0 Å². The Kier molecular flexibility index (Phi) is 3.09. The van der Waals surface area contributed by atoms with Gasteiger partial charge < -0.3 is 5.73 Å². The predicted octanol–water partition coefficient (Wildman–Crippen LogP) is 2.13. The van der Waals surface area contributed by atoms with E-state index in [0.29, 0.717) is 0 Å². The van der Waals surface area contributed by atoms with Crippen molar-refractivity contribution in [3.8, 4) is 0 Å². The van der Waals surface area contributed by atoms with Crippen LogP contribution >= 0.6 is 0 Å². The molecule has 2 N–H and O–H groups in total. The number of primary amides is 1. The fraction of sp³-hybridized carbons (Fsp3) is 0.286. The molecule has 2 aromatic rings. The van der Waals surface area contributed by atoms with Gasteiger partial charge in [-0.05, 0) is 30.5 Å². The van der Waals surface area contributed by atoms with Crippen LogP contribution in [0, 0.1) is 6.92 Å². The Hall–Kier alpha value is -1.90. The van der Waals surface area contributed by atoms with Crippen molar-refractivity contribution in [2.45, 2.75) is 26.7 Å². The van der Waals surface area contributed by atoms with Crippen LogP contribution in [0.25, 0.3) is 10.9 Å². The lowest BCUT2D eigenvalue weighted by Crippen LogP contribution is -2.14. The van der Waals surface area contributed by atoms with Gasteiger partial charge in [-0.25, -0.2) is 0 Å². The van der Waals surface area contributed by atoms with Gasteiger partial charge in [0.1, 0.15) is 0 Å². The van der Waals surface area contributed by atoms with E-state index in [2.05, 4.69) is 24.0 Å². The first-order valence-electron chi connectivity index (χ1n) is 5.78. The fourth-order valence-corrected chi connectivity index (χ4v) is 2.10. The summed E-state index contributed by atoms with van der Waals surface area (Å²) >= 11 is 0. The molecule has 0 fully saturated rings. The standard InChI is InChI=1S/C14H16N2O/c1-3-10-5-4-6-12-9(2)7-11(8-13(15)17)16-14(10)12/h4-7H,3,8H2,1-2H3,(H2,15,17). The van der Waals surface area contributed by atoms with Gasteiger partial charge in [0.05, 0.1) is 17.6 Å². The summed E-state index contributed by atoms with van der Waals surface area (Å²) in [5.41, 5.74) is 9.30. The van der Waals surface area contributed by atoms with Crippen LogP contribution in [0.1, 0.15) is 23.7 Å². The summed E-state index contributed by atoms with van der Waals surface area (Å²) in [6.45, 7) is 4.14. The highest BCUT2D eigenvalue weighted by molar-refractivity contribution is 5.86. The molecule has 1 heterocycles. The molecule has 3 heteroatoms. The lowest BCUT2D eigenvalue weighted by atomic mass is 10.0. The molecule has 2 rings (SSSR count). The smallest absolute Gasteiger partial charge is 0.223 e. The molecular formula is C14H16N2O. The number of benzene rings is 1. The van der Waals surface area contributed by atoms with Gasteiger partial charge in [0.2, 0.25) is 5.91 Å². The average molecular weight is 228 g/mol. The zero-order valence-corrected chi connectivity index (χ0v) is 10.2. The number of nitrogens with zero attached hydrogens (tertiary/aromatic N) is 1. The Balaban J connectivity index is 2.65. The second kappa shape index (κ2) is 4.53. The number of hydrogen-bond donors (Lipinski definition) is 1. The van der Waals surface area contributed by atoms with Crippen LogP contribution < -0.4 is 5.73 Å². The lowest BCUT2D eigenvalue weighted by molar-refractivity contribution is -0.117. The first kappa shape index (κ1) is 11.6. The van der Waals surface area contributed by atoms with Gasteiger partial charge >= 0.3 is 0 Å². The van der Waals surface area contributed by atoms with Crippen LogP contribution in [0.15, 0.2) is 24.3 Å². The number of carbonyl (C=O) groups excluding carboxylic acids is 1. The number of aryl methyl sites for hydroxylation is 2. The lowest BCUT2D eigenvalue weighted by Gasteiger charge is -2.08. The number of carbonyl (C=O) groups is 1. The van der Waals surface area contributed by atoms with E-state index in [1.807, 2.05) is 19.1 Å². The van der Waals surface area contributed by atoms with Crippen molar-refractivity contribution in [1.82, 2.24) is 4.98 Å². The van der Waals surface area contributed by atoms with Crippen LogP contribution in [-0.4, -0.2) is 10.9 Å². The molecule has 1 amide bonds. The van der Waals surface area contributed by atoms with E-state index in [1.165, 1.54) is 5.56 Å². The maximum absolute atomic E-state index is 11.0. The number of rotatable bonds is 3. The highest BCUT2D eigenvalue weighted by atomic mass is 16.1. The third kappa shape index (κ3) is 2.28. The van der Waals surface area contributed by atoms with E-state index >= 15 is 0 Å².